The quantitative estimate of drug-likeness (QED) is 0.506. The van der Waals surface area contributed by atoms with E-state index in [9.17, 15) is 9.59 Å². The van der Waals surface area contributed by atoms with Crippen molar-refractivity contribution < 1.29 is 9.59 Å². The van der Waals surface area contributed by atoms with Crippen molar-refractivity contribution in [3.8, 4) is 0 Å². The fraction of sp³-hybridized carbons (Fsp3) is 0.259. The molecule has 0 spiro atoms. The van der Waals surface area contributed by atoms with Gasteiger partial charge in [-0.25, -0.2) is 0 Å². The van der Waals surface area contributed by atoms with E-state index < -0.39 is 0 Å². The Kier molecular flexibility index (Phi) is 7.69. The lowest BCUT2D eigenvalue weighted by molar-refractivity contribution is 0.101. The molecule has 7 heteroatoms. The van der Waals surface area contributed by atoms with Crippen LogP contribution in [0.1, 0.15) is 31.8 Å². The smallest absolute Gasteiger partial charge is 0.255 e. The molecule has 0 aromatic heterocycles. The van der Waals surface area contributed by atoms with Gasteiger partial charge >= 0.3 is 0 Å². The Bertz CT molecular complexity index is 1140. The summed E-state index contributed by atoms with van der Waals surface area (Å²) in [5, 5.41) is 5.85. The Morgan fingerprint density at radius 2 is 1.53 bits per heavy atom. The highest BCUT2D eigenvalue weighted by molar-refractivity contribution is 6.06. The highest BCUT2D eigenvalue weighted by Gasteiger charge is 2.15. The first-order valence-electron chi connectivity index (χ1n) is 11.5. The highest BCUT2D eigenvalue weighted by Crippen LogP contribution is 2.22. The predicted octanol–water partition coefficient (Wildman–Crippen LogP) is 3.40. The lowest BCUT2D eigenvalue weighted by Gasteiger charge is -2.32. The molecule has 4 N–H and O–H groups in total. The molecule has 1 fully saturated rings. The maximum Gasteiger partial charge on any atom is 0.255 e. The van der Waals surface area contributed by atoms with E-state index in [-0.39, 0.29) is 18.4 Å². The van der Waals surface area contributed by atoms with Gasteiger partial charge in [0.05, 0.1) is 0 Å². The van der Waals surface area contributed by atoms with Crippen LogP contribution in [0.2, 0.25) is 0 Å². The number of anilines is 2. The zero-order valence-corrected chi connectivity index (χ0v) is 19.5. The summed E-state index contributed by atoms with van der Waals surface area (Å²) in [6.07, 6.45) is 0. The van der Waals surface area contributed by atoms with Crippen molar-refractivity contribution in [1.82, 2.24) is 9.80 Å². The molecule has 34 heavy (non-hydrogen) atoms. The van der Waals surface area contributed by atoms with Gasteiger partial charge in [0, 0.05) is 61.8 Å². The van der Waals surface area contributed by atoms with Gasteiger partial charge in [0.1, 0.15) is 0 Å². The number of piperazine rings is 1. The Labute approximate surface area is 200 Å². The van der Waals surface area contributed by atoms with E-state index >= 15 is 0 Å². The van der Waals surface area contributed by atoms with Crippen LogP contribution in [0.5, 0.6) is 0 Å². The first kappa shape index (κ1) is 23.6. The van der Waals surface area contributed by atoms with Crippen LogP contribution in [-0.4, -0.2) is 54.8 Å². The van der Waals surface area contributed by atoms with Crippen molar-refractivity contribution in [3.05, 3.63) is 95.1 Å². The molecular weight excluding hydrogens is 426 g/mol. The van der Waals surface area contributed by atoms with Gasteiger partial charge in [0.2, 0.25) is 0 Å². The monoisotopic (exact) mass is 457 g/mol. The van der Waals surface area contributed by atoms with E-state index in [1.54, 1.807) is 30.3 Å². The second-order valence-electron chi connectivity index (χ2n) is 8.63. The van der Waals surface area contributed by atoms with E-state index in [2.05, 4.69) is 33.5 Å². The molecule has 176 valence electrons. The molecule has 0 saturated carbocycles. The van der Waals surface area contributed by atoms with E-state index in [0.29, 0.717) is 22.5 Å². The number of benzene rings is 3. The maximum atomic E-state index is 13.0. The zero-order valence-electron chi connectivity index (χ0n) is 19.5. The number of carbonyl (C=O) groups is 2. The van der Waals surface area contributed by atoms with E-state index in [4.69, 9.17) is 5.73 Å². The fourth-order valence-corrected chi connectivity index (χ4v) is 4.02. The summed E-state index contributed by atoms with van der Waals surface area (Å²) in [4.78, 5) is 30.1. The van der Waals surface area contributed by atoms with Crippen molar-refractivity contribution in [1.29, 1.82) is 0 Å². The number of nitrogens with one attached hydrogen (secondary N) is 2. The number of hydrogen-bond donors (Lipinski definition) is 3. The lowest BCUT2D eigenvalue weighted by atomic mass is 10.1. The molecule has 1 aliphatic rings. The van der Waals surface area contributed by atoms with Gasteiger partial charge in [-0.15, -0.1) is 0 Å². The molecule has 2 amide bonds. The fourth-order valence-electron chi connectivity index (χ4n) is 4.02. The Balaban J connectivity index is 1.42. The normalized spacial score (nSPS) is 14.5. The molecule has 7 nitrogen and oxygen atoms in total. The molecule has 0 radical (unpaired) electrons. The predicted molar refractivity (Wildman–Crippen MR) is 136 cm³/mol. The van der Waals surface area contributed by atoms with Crippen molar-refractivity contribution >= 4 is 23.2 Å². The standard InChI is InChI=1S/C27H31N5O2/c1-31-12-14-32(15-13-31)19-20-6-5-9-22(16-20)27(34)30-25-11-10-24(17-23(25)18-28)29-26(33)21-7-3-2-4-8-21/h2-11,16-17H,12-15,18-19,28H2,1H3,(H,29,33)(H,30,34). The summed E-state index contributed by atoms with van der Waals surface area (Å²) in [6, 6.07) is 22.1. The van der Waals surface area contributed by atoms with Gasteiger partial charge in [-0.05, 0) is 60.6 Å². The number of nitrogens with zero attached hydrogens (tertiary/aromatic N) is 2. The van der Waals surface area contributed by atoms with Crippen LogP contribution < -0.4 is 16.4 Å². The highest BCUT2D eigenvalue weighted by atomic mass is 16.2. The van der Waals surface area contributed by atoms with Crippen LogP contribution in [0, 0.1) is 0 Å². The number of rotatable bonds is 7. The van der Waals surface area contributed by atoms with Crippen molar-refractivity contribution in [2.45, 2.75) is 13.1 Å². The average molecular weight is 458 g/mol. The zero-order chi connectivity index (χ0) is 23.9. The SMILES string of the molecule is CN1CCN(Cc2cccc(C(=O)Nc3ccc(NC(=O)c4ccccc4)cc3CN)c2)CC1. The summed E-state index contributed by atoms with van der Waals surface area (Å²) in [5.74, 6) is -0.381. The molecule has 1 saturated heterocycles. The first-order chi connectivity index (χ1) is 16.5. The molecule has 0 atom stereocenters. The third kappa shape index (κ3) is 6.08. The first-order valence-corrected chi connectivity index (χ1v) is 11.5. The van der Waals surface area contributed by atoms with Gasteiger partial charge in [0.15, 0.2) is 0 Å². The Morgan fingerprint density at radius 3 is 2.26 bits per heavy atom. The van der Waals surface area contributed by atoms with Gasteiger partial charge in [0.25, 0.3) is 11.8 Å². The summed E-state index contributed by atoms with van der Waals surface area (Å²) < 4.78 is 0. The Morgan fingerprint density at radius 1 is 0.824 bits per heavy atom. The number of nitrogens with two attached hydrogens (primary N) is 1. The number of carbonyl (C=O) groups excluding carboxylic acids is 2. The van der Waals surface area contributed by atoms with Gasteiger partial charge < -0.3 is 21.3 Å². The second kappa shape index (κ2) is 11.1. The summed E-state index contributed by atoms with van der Waals surface area (Å²) in [5.41, 5.74) is 10.2. The van der Waals surface area contributed by atoms with E-state index in [1.807, 2.05) is 36.4 Å². The van der Waals surface area contributed by atoms with E-state index in [0.717, 1.165) is 43.9 Å². The van der Waals surface area contributed by atoms with Crippen molar-refractivity contribution in [2.75, 3.05) is 43.9 Å². The largest absolute Gasteiger partial charge is 0.326 e. The number of likely N-dealkylation sites (N-methyl/N-ethyl adjacent to an activating group) is 1. The minimum absolute atomic E-state index is 0.184. The van der Waals surface area contributed by atoms with Crippen molar-refractivity contribution in [2.24, 2.45) is 5.73 Å². The molecule has 1 heterocycles. The number of hydrogen-bond acceptors (Lipinski definition) is 5. The second-order valence-corrected chi connectivity index (χ2v) is 8.63. The third-order valence-corrected chi connectivity index (χ3v) is 6.06. The third-order valence-electron chi connectivity index (χ3n) is 6.06. The molecule has 3 aromatic carbocycles. The number of amides is 2. The summed E-state index contributed by atoms with van der Waals surface area (Å²) >= 11 is 0. The van der Waals surface area contributed by atoms with Crippen molar-refractivity contribution in [3.63, 3.8) is 0 Å². The van der Waals surface area contributed by atoms with Crippen LogP contribution >= 0.6 is 0 Å². The Hall–Kier alpha value is -3.52. The van der Waals surface area contributed by atoms with Crippen LogP contribution in [0.15, 0.2) is 72.8 Å². The minimum atomic E-state index is -0.197. The molecule has 1 aliphatic heterocycles. The van der Waals surface area contributed by atoms with Gasteiger partial charge in [-0.1, -0.05) is 30.3 Å². The molecule has 0 bridgehead atoms. The van der Waals surface area contributed by atoms with E-state index in [1.165, 1.54) is 0 Å². The van der Waals surface area contributed by atoms with Gasteiger partial charge in [-0.2, -0.15) is 0 Å². The maximum absolute atomic E-state index is 13.0. The minimum Gasteiger partial charge on any atom is -0.326 e. The lowest BCUT2D eigenvalue weighted by Crippen LogP contribution is -2.43. The van der Waals surface area contributed by atoms with Crippen LogP contribution in [-0.2, 0) is 13.1 Å². The van der Waals surface area contributed by atoms with Gasteiger partial charge in [-0.3, -0.25) is 14.5 Å². The topological polar surface area (TPSA) is 90.7 Å². The van der Waals surface area contributed by atoms with Crippen LogP contribution in [0.3, 0.4) is 0 Å². The summed E-state index contributed by atoms with van der Waals surface area (Å²) in [6.45, 7) is 5.24. The molecule has 4 rings (SSSR count). The summed E-state index contributed by atoms with van der Waals surface area (Å²) in [7, 11) is 2.14. The average Bonchev–Trinajstić information content (AvgIpc) is 2.87. The molecular formula is C27H31N5O2. The molecule has 0 aliphatic carbocycles. The van der Waals surface area contributed by atoms with Crippen LogP contribution in [0.4, 0.5) is 11.4 Å². The molecule has 0 unspecified atom stereocenters. The molecule has 3 aromatic rings. The van der Waals surface area contributed by atoms with Crippen LogP contribution in [0.25, 0.3) is 0 Å².